The Morgan fingerprint density at radius 2 is 2.04 bits per heavy atom. The van der Waals surface area contributed by atoms with Crippen molar-refractivity contribution in [3.05, 3.63) is 23.4 Å². The maximum Gasteiger partial charge on any atom is 0.416 e. The van der Waals surface area contributed by atoms with Gasteiger partial charge in [-0.05, 0) is 31.9 Å². The highest BCUT2D eigenvalue weighted by Crippen LogP contribution is 2.34. The number of β-amino-alcohol motifs (C(OH)–C–C–N with tert-alkyl or cyclic N) is 1. The molecule has 1 N–H and O–H groups in total. The molecule has 0 aliphatic carbocycles. The number of hydrogen-bond acceptors (Lipinski definition) is 4. The van der Waals surface area contributed by atoms with Gasteiger partial charge in [-0.1, -0.05) is 0 Å². The van der Waals surface area contributed by atoms with E-state index in [0.717, 1.165) is 17.0 Å². The zero-order valence-electron chi connectivity index (χ0n) is 13.6. The summed E-state index contributed by atoms with van der Waals surface area (Å²) in [6.45, 7) is 1.95. The number of halogens is 3. The molecule has 25 heavy (non-hydrogen) atoms. The molecule has 0 aromatic carbocycles. The lowest BCUT2D eigenvalue weighted by molar-refractivity contribution is -0.137. The van der Waals surface area contributed by atoms with Crippen LogP contribution < -0.4 is 4.90 Å². The molecule has 2 saturated heterocycles. The number of aliphatic hydroxyl groups is 1. The quantitative estimate of drug-likeness (QED) is 0.871. The van der Waals surface area contributed by atoms with Gasteiger partial charge in [-0.3, -0.25) is 14.5 Å². The summed E-state index contributed by atoms with van der Waals surface area (Å²) >= 11 is 0. The monoisotopic (exact) mass is 357 g/mol. The van der Waals surface area contributed by atoms with Crippen LogP contribution in [0.2, 0.25) is 0 Å². The van der Waals surface area contributed by atoms with Gasteiger partial charge in [0.05, 0.1) is 11.7 Å². The van der Waals surface area contributed by atoms with Crippen molar-refractivity contribution in [1.29, 1.82) is 0 Å². The number of aromatic nitrogens is 1. The first-order valence-corrected chi connectivity index (χ1v) is 8.01. The van der Waals surface area contributed by atoms with Crippen LogP contribution in [0.15, 0.2) is 12.1 Å². The van der Waals surface area contributed by atoms with E-state index >= 15 is 0 Å². The summed E-state index contributed by atoms with van der Waals surface area (Å²) in [5.41, 5.74) is -0.787. The first-order chi connectivity index (χ1) is 11.7. The van der Waals surface area contributed by atoms with Crippen LogP contribution in [0.1, 0.15) is 30.5 Å². The third kappa shape index (κ3) is 3.46. The summed E-state index contributed by atoms with van der Waals surface area (Å²) in [6, 6.07) is 0.820. The van der Waals surface area contributed by atoms with E-state index in [1.54, 1.807) is 0 Å². The maximum absolute atomic E-state index is 13.0. The van der Waals surface area contributed by atoms with Gasteiger partial charge in [0.1, 0.15) is 11.9 Å². The number of likely N-dealkylation sites (tertiary alicyclic amines) is 1. The number of amides is 2. The lowest BCUT2D eigenvalue weighted by Gasteiger charge is -2.27. The minimum Gasteiger partial charge on any atom is -0.391 e. The van der Waals surface area contributed by atoms with Gasteiger partial charge >= 0.3 is 6.18 Å². The van der Waals surface area contributed by atoms with Gasteiger partial charge in [-0.15, -0.1) is 0 Å². The molecule has 0 spiro atoms. The Morgan fingerprint density at radius 1 is 1.32 bits per heavy atom. The van der Waals surface area contributed by atoms with Crippen LogP contribution in [0.3, 0.4) is 0 Å². The lowest BCUT2D eigenvalue weighted by Crippen LogP contribution is -2.46. The van der Waals surface area contributed by atoms with Crippen molar-refractivity contribution >= 4 is 17.6 Å². The minimum absolute atomic E-state index is 0.0732. The number of hydrogen-bond donors (Lipinski definition) is 1. The van der Waals surface area contributed by atoms with Gasteiger partial charge in [0.2, 0.25) is 11.8 Å². The van der Waals surface area contributed by atoms with Crippen molar-refractivity contribution < 1.29 is 27.9 Å². The van der Waals surface area contributed by atoms with E-state index in [-0.39, 0.29) is 36.8 Å². The van der Waals surface area contributed by atoms with Crippen molar-refractivity contribution in [2.24, 2.45) is 0 Å². The van der Waals surface area contributed by atoms with Gasteiger partial charge in [-0.2, -0.15) is 13.2 Å². The topological polar surface area (TPSA) is 73.7 Å². The average Bonchev–Trinajstić information content (AvgIpc) is 3.11. The Kier molecular flexibility index (Phi) is 4.44. The smallest absolute Gasteiger partial charge is 0.391 e. The summed E-state index contributed by atoms with van der Waals surface area (Å²) in [4.78, 5) is 31.4. The summed E-state index contributed by atoms with van der Waals surface area (Å²) in [6.07, 6.45) is -4.43. The molecule has 3 heterocycles. The summed E-state index contributed by atoms with van der Waals surface area (Å²) in [5, 5.41) is 9.58. The van der Waals surface area contributed by atoms with Gasteiger partial charge in [0, 0.05) is 25.2 Å². The molecule has 2 fully saturated rings. The van der Waals surface area contributed by atoms with E-state index in [0.29, 0.717) is 13.0 Å². The molecular formula is C16H18F3N3O3. The Morgan fingerprint density at radius 3 is 2.64 bits per heavy atom. The van der Waals surface area contributed by atoms with Crippen LogP contribution in [0.25, 0.3) is 0 Å². The van der Waals surface area contributed by atoms with Crippen LogP contribution in [0, 0.1) is 6.92 Å². The Hall–Kier alpha value is -2.16. The molecule has 1 aromatic rings. The Labute approximate surface area is 142 Å². The molecule has 136 valence electrons. The third-order valence-electron chi connectivity index (χ3n) is 4.49. The first-order valence-electron chi connectivity index (χ1n) is 8.01. The van der Waals surface area contributed by atoms with Crippen molar-refractivity contribution in [3.8, 4) is 0 Å². The number of carbonyl (C=O) groups excluding carboxylic acids is 2. The van der Waals surface area contributed by atoms with E-state index in [1.165, 1.54) is 11.8 Å². The highest BCUT2D eigenvalue weighted by Gasteiger charge is 2.42. The molecule has 2 aliphatic heterocycles. The van der Waals surface area contributed by atoms with Crippen molar-refractivity contribution in [2.45, 2.75) is 44.5 Å². The number of pyridine rings is 1. The number of nitrogens with zero attached hydrogens (tertiary/aromatic N) is 3. The average molecular weight is 357 g/mol. The second-order valence-corrected chi connectivity index (χ2v) is 6.40. The molecule has 0 saturated carbocycles. The Balaban J connectivity index is 1.92. The molecule has 0 unspecified atom stereocenters. The summed E-state index contributed by atoms with van der Waals surface area (Å²) < 4.78 is 39.1. The van der Waals surface area contributed by atoms with Crippen LogP contribution in [0.4, 0.5) is 19.0 Å². The van der Waals surface area contributed by atoms with E-state index in [1.807, 2.05) is 0 Å². The standard InChI is InChI=1S/C16H18F3N3O3/c1-9-6-10(16(17,18)19)7-13(20-9)22-12(2-3-14(22)24)15(25)21-5-4-11(23)8-21/h6-7,11-12,23H,2-5,8H2,1H3/t11-,12-/m0/s1. The van der Waals surface area contributed by atoms with E-state index in [9.17, 15) is 27.9 Å². The van der Waals surface area contributed by atoms with Gasteiger partial charge in [0.25, 0.3) is 0 Å². The molecule has 0 radical (unpaired) electrons. The predicted octanol–water partition coefficient (Wildman–Crippen LogP) is 1.50. The van der Waals surface area contributed by atoms with Gasteiger partial charge in [-0.25, -0.2) is 4.98 Å². The lowest BCUT2D eigenvalue weighted by atomic mass is 10.1. The van der Waals surface area contributed by atoms with Crippen molar-refractivity contribution in [1.82, 2.24) is 9.88 Å². The molecule has 0 bridgehead atoms. The van der Waals surface area contributed by atoms with Gasteiger partial charge in [0.15, 0.2) is 0 Å². The fourth-order valence-electron chi connectivity index (χ4n) is 3.30. The molecule has 2 atom stereocenters. The normalized spacial score (nSPS) is 24.3. The van der Waals surface area contributed by atoms with Gasteiger partial charge < -0.3 is 10.0 Å². The SMILES string of the molecule is Cc1cc(C(F)(F)F)cc(N2C(=O)CC[C@H]2C(=O)N2CC[C@H](O)C2)n1. The second-order valence-electron chi connectivity index (χ2n) is 6.40. The number of carbonyl (C=O) groups is 2. The van der Waals surface area contributed by atoms with Crippen LogP contribution >= 0.6 is 0 Å². The maximum atomic E-state index is 13.0. The third-order valence-corrected chi connectivity index (χ3v) is 4.49. The molecule has 1 aromatic heterocycles. The number of rotatable bonds is 2. The Bertz CT molecular complexity index is 708. The number of aliphatic hydroxyl groups excluding tert-OH is 1. The zero-order valence-corrected chi connectivity index (χ0v) is 13.6. The second kappa shape index (κ2) is 6.29. The summed E-state index contributed by atoms with van der Waals surface area (Å²) in [5.74, 6) is -0.948. The first kappa shape index (κ1) is 17.7. The number of alkyl halides is 3. The van der Waals surface area contributed by atoms with Crippen molar-refractivity contribution in [3.63, 3.8) is 0 Å². The van der Waals surface area contributed by atoms with E-state index < -0.39 is 29.8 Å². The largest absolute Gasteiger partial charge is 0.416 e. The molecule has 2 amide bonds. The van der Waals surface area contributed by atoms with E-state index in [4.69, 9.17) is 0 Å². The highest BCUT2D eigenvalue weighted by atomic mass is 19.4. The van der Waals surface area contributed by atoms with Crippen LogP contribution in [0.5, 0.6) is 0 Å². The molecular weight excluding hydrogens is 339 g/mol. The molecule has 2 aliphatic rings. The summed E-state index contributed by atoms with van der Waals surface area (Å²) in [7, 11) is 0. The van der Waals surface area contributed by atoms with E-state index in [2.05, 4.69) is 4.98 Å². The molecule has 9 heteroatoms. The van der Waals surface area contributed by atoms with Crippen LogP contribution in [-0.2, 0) is 15.8 Å². The fraction of sp³-hybridized carbons (Fsp3) is 0.562. The zero-order chi connectivity index (χ0) is 18.4. The predicted molar refractivity (Wildman–Crippen MR) is 81.7 cm³/mol. The van der Waals surface area contributed by atoms with Crippen LogP contribution in [-0.4, -0.2) is 52.0 Å². The number of aryl methyl sites for hydroxylation is 1. The molecule has 6 nitrogen and oxygen atoms in total. The minimum atomic E-state index is -4.57. The number of anilines is 1. The fourth-order valence-corrected chi connectivity index (χ4v) is 3.30. The van der Waals surface area contributed by atoms with Crippen molar-refractivity contribution in [2.75, 3.05) is 18.0 Å². The molecule has 3 rings (SSSR count). The highest BCUT2D eigenvalue weighted by molar-refractivity contribution is 6.03.